The summed E-state index contributed by atoms with van der Waals surface area (Å²) in [5.41, 5.74) is -1.80. The quantitative estimate of drug-likeness (QED) is 0.294. The topological polar surface area (TPSA) is 24.9 Å². The molecular formula is C29H30F6N2O2. The average Bonchev–Trinajstić information content (AvgIpc) is 2.92. The molecule has 0 saturated carbocycles. The van der Waals surface area contributed by atoms with E-state index in [0.29, 0.717) is 37.7 Å². The van der Waals surface area contributed by atoms with Crippen molar-refractivity contribution in [1.82, 2.24) is 4.90 Å². The Labute approximate surface area is 223 Å². The number of anilines is 1. The Bertz CT molecular complexity index is 1240. The van der Waals surface area contributed by atoms with E-state index in [1.165, 1.54) is 0 Å². The van der Waals surface area contributed by atoms with Crippen LogP contribution in [0.15, 0.2) is 66.7 Å². The Morgan fingerprint density at radius 2 is 1.28 bits per heavy atom. The normalized spacial score (nSPS) is 16.6. The Morgan fingerprint density at radius 1 is 0.692 bits per heavy atom. The third kappa shape index (κ3) is 6.27. The Morgan fingerprint density at radius 3 is 1.79 bits per heavy atom. The van der Waals surface area contributed by atoms with Crippen molar-refractivity contribution < 1.29 is 35.8 Å². The zero-order chi connectivity index (χ0) is 28.4. The molecule has 1 unspecified atom stereocenters. The summed E-state index contributed by atoms with van der Waals surface area (Å²) in [6.07, 6.45) is -9.83. The number of hydrogen-bond donors (Lipinski definition) is 0. The second kappa shape index (κ2) is 11.0. The molecule has 0 bridgehead atoms. The van der Waals surface area contributed by atoms with Crippen LogP contribution in [0.25, 0.3) is 0 Å². The monoisotopic (exact) mass is 552 g/mol. The number of ether oxygens (including phenoxy) is 2. The fraction of sp³-hybridized carbons (Fsp3) is 0.379. The molecule has 0 radical (unpaired) electrons. The zero-order valence-electron chi connectivity index (χ0n) is 21.9. The maximum Gasteiger partial charge on any atom is 0.416 e. The summed E-state index contributed by atoms with van der Waals surface area (Å²) in [5, 5.41) is 0. The minimum Gasteiger partial charge on any atom is -0.497 e. The molecule has 0 aromatic heterocycles. The standard InChI is InChI=1S/C29H30F6N2O2/c1-27(21-7-5-4-6-8-21,19-20-15-22(28(30,31)32)17-23(16-20)29(33,34)35)37-13-11-36(12-14-37)25-10-9-24(38-2)18-26(25)39-3/h4-10,15-18H,11-14,19H2,1-3H3. The molecule has 1 atom stereocenters. The fourth-order valence-corrected chi connectivity index (χ4v) is 5.20. The molecule has 4 nitrogen and oxygen atoms in total. The van der Waals surface area contributed by atoms with Crippen molar-refractivity contribution >= 4 is 5.69 Å². The lowest BCUT2D eigenvalue weighted by molar-refractivity contribution is -0.143. The maximum atomic E-state index is 13.6. The van der Waals surface area contributed by atoms with E-state index in [1.54, 1.807) is 20.3 Å². The first kappa shape index (κ1) is 28.6. The smallest absolute Gasteiger partial charge is 0.416 e. The van der Waals surface area contributed by atoms with Gasteiger partial charge in [-0.2, -0.15) is 26.3 Å². The molecule has 0 amide bonds. The lowest BCUT2D eigenvalue weighted by Crippen LogP contribution is -2.55. The highest BCUT2D eigenvalue weighted by molar-refractivity contribution is 5.61. The summed E-state index contributed by atoms with van der Waals surface area (Å²) < 4.78 is 92.2. The Kier molecular flexibility index (Phi) is 8.07. The minimum atomic E-state index is -4.90. The third-order valence-corrected chi connectivity index (χ3v) is 7.30. The molecule has 1 saturated heterocycles. The number of methoxy groups -OCH3 is 2. The zero-order valence-corrected chi connectivity index (χ0v) is 21.9. The van der Waals surface area contributed by atoms with Crippen molar-refractivity contribution in [3.05, 3.63) is 89.0 Å². The average molecular weight is 553 g/mol. The molecule has 1 aliphatic rings. The third-order valence-electron chi connectivity index (χ3n) is 7.30. The van der Waals surface area contributed by atoms with Crippen LogP contribution in [-0.4, -0.2) is 45.3 Å². The molecule has 10 heteroatoms. The molecule has 3 aromatic carbocycles. The molecule has 1 heterocycles. The summed E-state index contributed by atoms with van der Waals surface area (Å²) in [4.78, 5) is 4.27. The van der Waals surface area contributed by atoms with Gasteiger partial charge in [-0.1, -0.05) is 30.3 Å². The summed E-state index contributed by atoms with van der Waals surface area (Å²) >= 11 is 0. The Balaban J connectivity index is 1.66. The van der Waals surface area contributed by atoms with E-state index in [4.69, 9.17) is 9.47 Å². The van der Waals surface area contributed by atoms with E-state index in [-0.39, 0.29) is 18.1 Å². The summed E-state index contributed by atoms with van der Waals surface area (Å²) in [6.45, 7) is 4.11. The van der Waals surface area contributed by atoms with Gasteiger partial charge in [0.25, 0.3) is 0 Å². The highest BCUT2D eigenvalue weighted by Crippen LogP contribution is 2.40. The van der Waals surface area contributed by atoms with Gasteiger partial charge in [-0.3, -0.25) is 4.90 Å². The molecule has 3 aromatic rings. The highest BCUT2D eigenvalue weighted by Gasteiger charge is 2.40. The van der Waals surface area contributed by atoms with Gasteiger partial charge in [0.1, 0.15) is 11.5 Å². The first-order valence-electron chi connectivity index (χ1n) is 12.4. The van der Waals surface area contributed by atoms with E-state index < -0.39 is 29.0 Å². The number of benzene rings is 3. The number of rotatable bonds is 7. The van der Waals surface area contributed by atoms with Crippen LogP contribution in [0.4, 0.5) is 32.0 Å². The van der Waals surface area contributed by atoms with E-state index in [0.717, 1.165) is 23.4 Å². The summed E-state index contributed by atoms with van der Waals surface area (Å²) in [5.74, 6) is 1.31. The fourth-order valence-electron chi connectivity index (χ4n) is 5.20. The Hall–Kier alpha value is -3.40. The van der Waals surface area contributed by atoms with E-state index in [9.17, 15) is 26.3 Å². The molecule has 0 aliphatic carbocycles. The first-order valence-corrected chi connectivity index (χ1v) is 12.4. The van der Waals surface area contributed by atoms with Gasteiger partial charge in [0.15, 0.2) is 0 Å². The second-order valence-corrected chi connectivity index (χ2v) is 9.74. The molecule has 1 fully saturated rings. The van der Waals surface area contributed by atoms with Crippen molar-refractivity contribution in [3.8, 4) is 11.5 Å². The predicted molar refractivity (Wildman–Crippen MR) is 137 cm³/mol. The van der Waals surface area contributed by atoms with Crippen LogP contribution < -0.4 is 14.4 Å². The maximum absolute atomic E-state index is 13.6. The lowest BCUT2D eigenvalue weighted by atomic mass is 9.82. The molecule has 4 rings (SSSR count). The number of halogens is 6. The van der Waals surface area contributed by atoms with Crippen LogP contribution in [-0.2, 0) is 24.3 Å². The van der Waals surface area contributed by atoms with Gasteiger partial charge < -0.3 is 14.4 Å². The minimum absolute atomic E-state index is 0.0252. The van der Waals surface area contributed by atoms with Crippen LogP contribution in [0.2, 0.25) is 0 Å². The summed E-state index contributed by atoms with van der Waals surface area (Å²) in [6, 6.07) is 16.5. The molecule has 0 N–H and O–H groups in total. The highest BCUT2D eigenvalue weighted by atomic mass is 19.4. The molecule has 1 aliphatic heterocycles. The van der Waals surface area contributed by atoms with Crippen LogP contribution in [0.5, 0.6) is 11.5 Å². The van der Waals surface area contributed by atoms with Crippen molar-refractivity contribution in [2.45, 2.75) is 31.2 Å². The number of hydrogen-bond acceptors (Lipinski definition) is 4. The molecule has 210 valence electrons. The van der Waals surface area contributed by atoms with Crippen LogP contribution in [0.3, 0.4) is 0 Å². The number of piperazine rings is 1. The second-order valence-electron chi connectivity index (χ2n) is 9.74. The first-order chi connectivity index (χ1) is 18.3. The largest absolute Gasteiger partial charge is 0.497 e. The SMILES string of the molecule is COc1ccc(N2CCN(C(C)(Cc3cc(C(F)(F)F)cc(C(F)(F)F)c3)c3ccccc3)CC2)c(OC)c1. The lowest BCUT2D eigenvalue weighted by Gasteiger charge is -2.47. The summed E-state index contributed by atoms with van der Waals surface area (Å²) in [7, 11) is 3.14. The van der Waals surface area contributed by atoms with Gasteiger partial charge in [-0.15, -0.1) is 0 Å². The van der Waals surface area contributed by atoms with E-state index >= 15 is 0 Å². The van der Waals surface area contributed by atoms with Crippen LogP contribution in [0, 0.1) is 0 Å². The number of nitrogens with zero attached hydrogens (tertiary/aromatic N) is 2. The van der Waals surface area contributed by atoms with Gasteiger partial charge in [-0.05, 0) is 54.8 Å². The van der Waals surface area contributed by atoms with Crippen molar-refractivity contribution in [2.75, 3.05) is 45.3 Å². The van der Waals surface area contributed by atoms with Gasteiger partial charge in [0.2, 0.25) is 0 Å². The van der Waals surface area contributed by atoms with Crippen molar-refractivity contribution in [2.24, 2.45) is 0 Å². The predicted octanol–water partition coefficient (Wildman–Crippen LogP) is 7.02. The van der Waals surface area contributed by atoms with Crippen molar-refractivity contribution in [3.63, 3.8) is 0 Å². The number of alkyl halides is 6. The van der Waals surface area contributed by atoms with Crippen molar-refractivity contribution in [1.29, 1.82) is 0 Å². The molecule has 0 spiro atoms. The van der Waals surface area contributed by atoms with E-state index in [1.807, 2.05) is 49.4 Å². The van der Waals surface area contributed by atoms with Gasteiger partial charge in [-0.25, -0.2) is 0 Å². The van der Waals surface area contributed by atoms with Gasteiger partial charge in [0, 0.05) is 37.8 Å². The van der Waals surface area contributed by atoms with E-state index in [2.05, 4.69) is 9.80 Å². The molecular weight excluding hydrogens is 522 g/mol. The molecule has 39 heavy (non-hydrogen) atoms. The van der Waals surface area contributed by atoms with Gasteiger partial charge >= 0.3 is 12.4 Å². The van der Waals surface area contributed by atoms with Crippen LogP contribution in [0.1, 0.15) is 29.2 Å². The van der Waals surface area contributed by atoms with Gasteiger partial charge in [0.05, 0.1) is 31.0 Å². The van der Waals surface area contributed by atoms with Crippen LogP contribution >= 0.6 is 0 Å².